The predicted molar refractivity (Wildman–Crippen MR) is 65.7 cm³/mol. The zero-order valence-corrected chi connectivity index (χ0v) is 10.6. The molecule has 17 heavy (non-hydrogen) atoms. The van der Waals surface area contributed by atoms with Crippen molar-refractivity contribution in [3.05, 3.63) is 21.9 Å². The lowest BCUT2D eigenvalue weighted by molar-refractivity contribution is 0.0699. The van der Waals surface area contributed by atoms with Gasteiger partial charge in [-0.2, -0.15) is 0 Å². The Kier molecular flexibility index (Phi) is 6.80. The maximum Gasteiger partial charge on any atom is 0.346 e. The van der Waals surface area contributed by atoms with Crippen molar-refractivity contribution in [2.75, 3.05) is 33.5 Å². The van der Waals surface area contributed by atoms with E-state index in [-0.39, 0.29) is 0 Å². The highest BCUT2D eigenvalue weighted by Crippen LogP contribution is 2.16. The highest BCUT2D eigenvalue weighted by Gasteiger charge is 2.10. The van der Waals surface area contributed by atoms with Crippen molar-refractivity contribution in [2.24, 2.45) is 0 Å². The van der Waals surface area contributed by atoms with Gasteiger partial charge in [-0.1, -0.05) is 0 Å². The lowest BCUT2D eigenvalue weighted by Gasteiger charge is -2.05. The van der Waals surface area contributed by atoms with Crippen LogP contribution in [0.4, 0.5) is 0 Å². The van der Waals surface area contributed by atoms with E-state index in [2.05, 4.69) is 5.32 Å². The first-order valence-corrected chi connectivity index (χ1v) is 6.20. The van der Waals surface area contributed by atoms with Crippen molar-refractivity contribution in [2.45, 2.75) is 6.54 Å². The maximum absolute atomic E-state index is 10.8. The summed E-state index contributed by atoms with van der Waals surface area (Å²) in [7, 11) is 1.63. The molecule has 1 rings (SSSR count). The van der Waals surface area contributed by atoms with Crippen LogP contribution in [0.25, 0.3) is 0 Å². The number of hydrogen-bond acceptors (Lipinski definition) is 5. The molecule has 0 unspecified atom stereocenters. The minimum atomic E-state index is -0.867. The number of hydrogen-bond donors (Lipinski definition) is 2. The summed E-state index contributed by atoms with van der Waals surface area (Å²) < 4.78 is 10.1. The minimum Gasteiger partial charge on any atom is -0.477 e. The largest absolute Gasteiger partial charge is 0.477 e. The second-order valence-electron chi connectivity index (χ2n) is 3.36. The Morgan fingerprint density at radius 1 is 1.47 bits per heavy atom. The van der Waals surface area contributed by atoms with E-state index in [1.807, 2.05) is 6.07 Å². The van der Waals surface area contributed by atoms with Gasteiger partial charge >= 0.3 is 5.97 Å². The standard InChI is InChI=1S/C11H17NO4S/c1-15-5-6-16-4-3-12-8-9-2-7-17-10(9)11(13)14/h2,7,12H,3-6,8H2,1H3,(H,13,14). The molecule has 0 aromatic carbocycles. The van der Waals surface area contributed by atoms with E-state index in [0.717, 1.165) is 5.56 Å². The number of rotatable bonds is 9. The molecule has 1 heterocycles. The van der Waals surface area contributed by atoms with E-state index in [4.69, 9.17) is 14.6 Å². The molecule has 0 spiro atoms. The van der Waals surface area contributed by atoms with Crippen molar-refractivity contribution >= 4 is 17.3 Å². The topological polar surface area (TPSA) is 67.8 Å². The van der Waals surface area contributed by atoms with Gasteiger partial charge in [0.05, 0.1) is 19.8 Å². The van der Waals surface area contributed by atoms with Crippen LogP contribution < -0.4 is 5.32 Å². The fraction of sp³-hybridized carbons (Fsp3) is 0.545. The SMILES string of the molecule is COCCOCCNCc1ccsc1C(=O)O. The van der Waals surface area contributed by atoms with Gasteiger partial charge in [-0.25, -0.2) is 4.79 Å². The number of nitrogens with one attached hydrogen (secondary N) is 1. The first-order valence-electron chi connectivity index (χ1n) is 5.32. The van der Waals surface area contributed by atoms with Gasteiger partial charge in [0.2, 0.25) is 0 Å². The molecular weight excluding hydrogens is 242 g/mol. The number of carboxylic acid groups (broad SMARTS) is 1. The molecule has 2 N–H and O–H groups in total. The lowest BCUT2D eigenvalue weighted by Crippen LogP contribution is -2.20. The molecule has 0 bridgehead atoms. The molecule has 1 aromatic heterocycles. The average molecular weight is 259 g/mol. The first-order chi connectivity index (χ1) is 8.25. The molecule has 0 atom stereocenters. The summed E-state index contributed by atoms with van der Waals surface area (Å²) >= 11 is 1.25. The second kappa shape index (κ2) is 8.19. The van der Waals surface area contributed by atoms with E-state index < -0.39 is 5.97 Å². The fourth-order valence-corrected chi connectivity index (χ4v) is 2.04. The van der Waals surface area contributed by atoms with Crippen molar-refractivity contribution in [3.8, 4) is 0 Å². The molecule has 0 saturated carbocycles. The van der Waals surface area contributed by atoms with Gasteiger partial charge in [0.15, 0.2) is 0 Å². The molecule has 0 amide bonds. The normalized spacial score (nSPS) is 10.6. The molecule has 0 fully saturated rings. The second-order valence-corrected chi connectivity index (χ2v) is 4.28. The summed E-state index contributed by atoms with van der Waals surface area (Å²) in [6.45, 7) is 3.01. The Labute approximate surface area is 104 Å². The van der Waals surface area contributed by atoms with Gasteiger partial charge in [-0.15, -0.1) is 11.3 Å². The van der Waals surface area contributed by atoms with Crippen LogP contribution in [0.5, 0.6) is 0 Å². The molecule has 0 aliphatic carbocycles. The van der Waals surface area contributed by atoms with Crippen LogP contribution in [0.3, 0.4) is 0 Å². The van der Waals surface area contributed by atoms with E-state index in [1.165, 1.54) is 11.3 Å². The van der Waals surface area contributed by atoms with Gasteiger partial charge < -0.3 is 19.9 Å². The van der Waals surface area contributed by atoms with Crippen LogP contribution in [-0.4, -0.2) is 44.6 Å². The Hall–Kier alpha value is -0.950. The van der Waals surface area contributed by atoms with Gasteiger partial charge in [-0.05, 0) is 17.0 Å². The summed E-state index contributed by atoms with van der Waals surface area (Å²) in [6.07, 6.45) is 0. The molecule has 5 nitrogen and oxygen atoms in total. The summed E-state index contributed by atoms with van der Waals surface area (Å²) in [5, 5.41) is 13.8. The van der Waals surface area contributed by atoms with Crippen LogP contribution in [-0.2, 0) is 16.0 Å². The average Bonchev–Trinajstić information content (AvgIpc) is 2.76. The summed E-state index contributed by atoms with van der Waals surface area (Å²) in [4.78, 5) is 11.2. The summed E-state index contributed by atoms with van der Waals surface area (Å²) in [6, 6.07) is 1.83. The van der Waals surface area contributed by atoms with E-state index >= 15 is 0 Å². The van der Waals surface area contributed by atoms with Crippen LogP contribution >= 0.6 is 11.3 Å². The quantitative estimate of drug-likeness (QED) is 0.652. The Morgan fingerprint density at radius 3 is 3.00 bits per heavy atom. The number of carbonyl (C=O) groups is 1. The van der Waals surface area contributed by atoms with Crippen molar-refractivity contribution in [3.63, 3.8) is 0 Å². The molecule has 6 heteroatoms. The number of aromatic carboxylic acids is 1. The highest BCUT2D eigenvalue weighted by atomic mass is 32.1. The van der Waals surface area contributed by atoms with Crippen molar-refractivity contribution in [1.29, 1.82) is 0 Å². The van der Waals surface area contributed by atoms with Crippen LogP contribution in [0, 0.1) is 0 Å². The lowest BCUT2D eigenvalue weighted by atomic mass is 10.2. The van der Waals surface area contributed by atoms with Crippen molar-refractivity contribution < 1.29 is 19.4 Å². The molecule has 0 aliphatic heterocycles. The monoisotopic (exact) mass is 259 g/mol. The minimum absolute atomic E-state index is 0.401. The maximum atomic E-state index is 10.8. The van der Waals surface area contributed by atoms with E-state index in [9.17, 15) is 4.79 Å². The summed E-state index contributed by atoms with van der Waals surface area (Å²) in [5.74, 6) is -0.867. The predicted octanol–water partition coefficient (Wildman–Crippen LogP) is 1.20. The molecule has 1 aromatic rings. The molecule has 0 radical (unpaired) electrons. The third kappa shape index (κ3) is 5.27. The van der Waals surface area contributed by atoms with Gasteiger partial charge in [-0.3, -0.25) is 0 Å². The molecule has 96 valence electrons. The number of thiophene rings is 1. The number of methoxy groups -OCH3 is 1. The zero-order valence-electron chi connectivity index (χ0n) is 9.77. The Bertz CT molecular complexity index is 340. The van der Waals surface area contributed by atoms with Crippen LogP contribution in [0.2, 0.25) is 0 Å². The van der Waals surface area contributed by atoms with Gasteiger partial charge in [0.1, 0.15) is 4.88 Å². The molecular formula is C11H17NO4S. The molecule has 0 saturated heterocycles. The fourth-order valence-electron chi connectivity index (χ4n) is 1.27. The number of carboxylic acids is 1. The van der Waals surface area contributed by atoms with Crippen LogP contribution in [0.1, 0.15) is 15.2 Å². The van der Waals surface area contributed by atoms with Gasteiger partial charge in [0.25, 0.3) is 0 Å². The Balaban J connectivity index is 2.14. The Morgan fingerprint density at radius 2 is 2.29 bits per heavy atom. The summed E-state index contributed by atoms with van der Waals surface area (Å²) in [5.41, 5.74) is 0.819. The number of ether oxygens (including phenoxy) is 2. The van der Waals surface area contributed by atoms with E-state index in [0.29, 0.717) is 37.8 Å². The first kappa shape index (κ1) is 14.1. The zero-order chi connectivity index (χ0) is 12.5. The third-order valence-corrected chi connectivity index (χ3v) is 3.06. The van der Waals surface area contributed by atoms with Gasteiger partial charge in [0, 0.05) is 20.2 Å². The smallest absolute Gasteiger partial charge is 0.346 e. The van der Waals surface area contributed by atoms with Crippen LogP contribution in [0.15, 0.2) is 11.4 Å². The van der Waals surface area contributed by atoms with E-state index in [1.54, 1.807) is 12.5 Å². The third-order valence-electron chi connectivity index (χ3n) is 2.11. The highest BCUT2D eigenvalue weighted by molar-refractivity contribution is 7.12. The molecule has 0 aliphatic rings. The van der Waals surface area contributed by atoms with Crippen molar-refractivity contribution in [1.82, 2.24) is 5.32 Å².